The van der Waals surface area contributed by atoms with Crippen molar-refractivity contribution >= 4 is 19.7 Å². The Bertz CT molecular complexity index is 744. The largest absolute Gasteiger partial charge is 0.376 e. The first kappa shape index (κ1) is 20.3. The van der Waals surface area contributed by atoms with E-state index in [2.05, 4.69) is 0 Å². The highest BCUT2D eigenvalue weighted by Gasteiger charge is 2.41. The zero-order valence-electron chi connectivity index (χ0n) is 15.2. The van der Waals surface area contributed by atoms with Crippen molar-refractivity contribution in [1.29, 1.82) is 0 Å². The first-order chi connectivity index (χ1) is 13.0. The number of benzene rings is 2. The van der Waals surface area contributed by atoms with E-state index >= 15 is 0 Å². The second-order valence-corrected chi connectivity index (χ2v) is 10.00. The molecular weight excluding hydrogens is 384 g/mol. The van der Waals surface area contributed by atoms with E-state index in [0.717, 1.165) is 11.1 Å². The molecule has 0 bridgehead atoms. The fourth-order valence-corrected chi connectivity index (χ4v) is 4.74. The van der Waals surface area contributed by atoms with Crippen LogP contribution < -0.4 is 0 Å². The lowest BCUT2D eigenvalue weighted by molar-refractivity contribution is -0.0108. The van der Waals surface area contributed by atoms with Crippen molar-refractivity contribution in [2.24, 2.45) is 11.8 Å². The van der Waals surface area contributed by atoms with Crippen molar-refractivity contribution < 1.29 is 17.9 Å². The molecule has 0 heterocycles. The Hall–Kier alpha value is -1.40. The third-order valence-electron chi connectivity index (χ3n) is 5.08. The van der Waals surface area contributed by atoms with Crippen molar-refractivity contribution in [2.75, 3.05) is 13.2 Å². The monoisotopic (exact) mass is 408 g/mol. The highest BCUT2D eigenvalue weighted by atomic mass is 35.7. The lowest BCUT2D eigenvalue weighted by Crippen LogP contribution is -2.40. The van der Waals surface area contributed by atoms with E-state index in [9.17, 15) is 8.42 Å². The Labute approximate surface area is 165 Å². The molecule has 4 nitrogen and oxygen atoms in total. The molecule has 0 spiro atoms. The van der Waals surface area contributed by atoms with Gasteiger partial charge in [0.1, 0.15) is 0 Å². The van der Waals surface area contributed by atoms with Gasteiger partial charge in [-0.05, 0) is 29.9 Å². The molecule has 3 rings (SSSR count). The Morgan fingerprint density at radius 2 is 1.30 bits per heavy atom. The van der Waals surface area contributed by atoms with Gasteiger partial charge in [0, 0.05) is 16.6 Å². The summed E-state index contributed by atoms with van der Waals surface area (Å²) in [7, 11) is 2.01. The van der Waals surface area contributed by atoms with E-state index in [1.165, 1.54) is 0 Å². The number of ether oxygens (including phenoxy) is 2. The molecule has 1 aliphatic carbocycles. The molecule has 1 aliphatic rings. The predicted molar refractivity (Wildman–Crippen MR) is 107 cm³/mol. The van der Waals surface area contributed by atoms with Crippen LogP contribution in [0.4, 0.5) is 0 Å². The van der Waals surface area contributed by atoms with E-state index in [4.69, 9.17) is 20.2 Å². The van der Waals surface area contributed by atoms with Gasteiger partial charge in [-0.15, -0.1) is 0 Å². The van der Waals surface area contributed by atoms with Crippen molar-refractivity contribution in [1.82, 2.24) is 0 Å². The molecule has 0 aromatic heterocycles. The van der Waals surface area contributed by atoms with E-state index in [1.807, 2.05) is 60.7 Å². The van der Waals surface area contributed by atoms with Crippen LogP contribution in [0, 0.1) is 11.8 Å². The van der Waals surface area contributed by atoms with E-state index < -0.39 is 14.3 Å². The average Bonchev–Trinajstić information content (AvgIpc) is 2.61. The lowest BCUT2D eigenvalue weighted by atomic mass is 9.76. The SMILES string of the molecule is O=S(=O)(Cl)C1CC(C(COCc2ccccc2)COCc2ccccc2)C1. The normalized spacial score (nSPS) is 19.8. The van der Waals surface area contributed by atoms with Gasteiger partial charge in [0.05, 0.1) is 31.7 Å². The zero-order valence-corrected chi connectivity index (χ0v) is 16.7. The Morgan fingerprint density at radius 3 is 1.70 bits per heavy atom. The van der Waals surface area contributed by atoms with Crippen LogP contribution in [-0.2, 0) is 31.7 Å². The first-order valence-electron chi connectivity index (χ1n) is 9.19. The summed E-state index contributed by atoms with van der Waals surface area (Å²) in [6, 6.07) is 20.0. The maximum atomic E-state index is 11.5. The molecule has 0 N–H and O–H groups in total. The molecule has 1 saturated carbocycles. The van der Waals surface area contributed by atoms with Gasteiger partial charge in [0.15, 0.2) is 0 Å². The maximum absolute atomic E-state index is 11.5. The Kier molecular flexibility index (Phi) is 7.30. The van der Waals surface area contributed by atoms with Crippen molar-refractivity contribution in [3.63, 3.8) is 0 Å². The Balaban J connectivity index is 1.50. The van der Waals surface area contributed by atoms with Gasteiger partial charge in [-0.3, -0.25) is 0 Å². The van der Waals surface area contributed by atoms with E-state index in [0.29, 0.717) is 39.3 Å². The third kappa shape index (κ3) is 6.32. The number of hydrogen-bond donors (Lipinski definition) is 0. The fraction of sp³-hybridized carbons (Fsp3) is 0.429. The van der Waals surface area contributed by atoms with Gasteiger partial charge in [-0.2, -0.15) is 0 Å². The molecule has 146 valence electrons. The fourth-order valence-electron chi connectivity index (χ4n) is 3.35. The average molecular weight is 409 g/mol. The van der Waals surface area contributed by atoms with Crippen molar-refractivity contribution in [3.05, 3.63) is 71.8 Å². The molecule has 2 aromatic carbocycles. The minimum absolute atomic E-state index is 0.159. The van der Waals surface area contributed by atoms with Crippen LogP contribution in [0.3, 0.4) is 0 Å². The molecular formula is C21H25ClO4S. The second-order valence-electron chi connectivity index (χ2n) is 7.09. The molecule has 0 amide bonds. The predicted octanol–water partition coefficient (Wildman–Crippen LogP) is 4.38. The van der Waals surface area contributed by atoms with Crippen LogP contribution in [0.2, 0.25) is 0 Å². The number of rotatable bonds is 10. The number of hydrogen-bond acceptors (Lipinski definition) is 4. The second kappa shape index (κ2) is 9.69. The summed E-state index contributed by atoms with van der Waals surface area (Å²) < 4.78 is 34.8. The zero-order chi connectivity index (χ0) is 19.1. The summed E-state index contributed by atoms with van der Waals surface area (Å²) in [6.07, 6.45) is 1.17. The first-order valence-corrected chi connectivity index (χ1v) is 11.6. The third-order valence-corrected chi connectivity index (χ3v) is 7.02. The lowest BCUT2D eigenvalue weighted by Gasteiger charge is -2.38. The van der Waals surface area contributed by atoms with Crippen molar-refractivity contribution in [3.8, 4) is 0 Å². The smallest absolute Gasteiger partial charge is 0.235 e. The quantitative estimate of drug-likeness (QED) is 0.547. The molecule has 0 aliphatic heterocycles. The standard InChI is InChI=1S/C21H25ClO4S/c22-27(23,24)21-11-19(12-21)20(15-25-13-17-7-3-1-4-8-17)16-26-14-18-9-5-2-6-10-18/h1-10,19-21H,11-16H2. The molecule has 0 radical (unpaired) electrons. The summed E-state index contributed by atoms with van der Waals surface area (Å²) in [5.74, 6) is 0.419. The minimum atomic E-state index is -3.47. The van der Waals surface area contributed by atoms with E-state index in [1.54, 1.807) is 0 Å². The Morgan fingerprint density at radius 1 is 0.852 bits per heavy atom. The van der Waals surface area contributed by atoms with Crippen LogP contribution in [0.15, 0.2) is 60.7 Å². The molecule has 0 unspecified atom stereocenters. The summed E-state index contributed by atoms with van der Waals surface area (Å²) in [5, 5.41) is -0.435. The van der Waals surface area contributed by atoms with Gasteiger partial charge < -0.3 is 9.47 Å². The summed E-state index contributed by atoms with van der Waals surface area (Å²) >= 11 is 0. The molecule has 0 saturated heterocycles. The van der Waals surface area contributed by atoms with Crippen LogP contribution in [0.5, 0.6) is 0 Å². The van der Waals surface area contributed by atoms with Crippen LogP contribution >= 0.6 is 10.7 Å². The highest BCUT2D eigenvalue weighted by molar-refractivity contribution is 8.14. The molecule has 2 aromatic rings. The van der Waals surface area contributed by atoms with Gasteiger partial charge in [-0.25, -0.2) is 8.42 Å². The molecule has 0 atom stereocenters. The van der Waals surface area contributed by atoms with Gasteiger partial charge >= 0.3 is 0 Å². The molecule has 1 fully saturated rings. The van der Waals surface area contributed by atoms with Gasteiger partial charge in [0.25, 0.3) is 0 Å². The van der Waals surface area contributed by atoms with Gasteiger partial charge in [0.2, 0.25) is 9.05 Å². The van der Waals surface area contributed by atoms with Gasteiger partial charge in [-0.1, -0.05) is 60.7 Å². The van der Waals surface area contributed by atoms with Crippen molar-refractivity contribution in [2.45, 2.75) is 31.3 Å². The molecule has 6 heteroatoms. The van der Waals surface area contributed by atoms with E-state index in [-0.39, 0.29) is 11.8 Å². The highest BCUT2D eigenvalue weighted by Crippen LogP contribution is 2.40. The number of halogens is 1. The maximum Gasteiger partial charge on any atom is 0.235 e. The van der Waals surface area contributed by atoms with Crippen LogP contribution in [0.1, 0.15) is 24.0 Å². The summed E-state index contributed by atoms with van der Waals surface area (Å²) in [5.41, 5.74) is 2.24. The minimum Gasteiger partial charge on any atom is -0.376 e. The molecule has 27 heavy (non-hydrogen) atoms. The topological polar surface area (TPSA) is 52.6 Å². The van der Waals surface area contributed by atoms with Crippen LogP contribution in [-0.4, -0.2) is 26.9 Å². The van der Waals surface area contributed by atoms with Crippen LogP contribution in [0.25, 0.3) is 0 Å². The summed E-state index contributed by atoms with van der Waals surface area (Å²) in [4.78, 5) is 0. The summed E-state index contributed by atoms with van der Waals surface area (Å²) in [6.45, 7) is 2.17.